The summed E-state index contributed by atoms with van der Waals surface area (Å²) < 4.78 is 5.16. The van der Waals surface area contributed by atoms with E-state index in [1.807, 2.05) is 43.0 Å². The fourth-order valence-electron chi connectivity index (χ4n) is 2.76. The van der Waals surface area contributed by atoms with Crippen molar-refractivity contribution in [3.8, 4) is 0 Å². The second-order valence-corrected chi connectivity index (χ2v) is 6.52. The van der Waals surface area contributed by atoms with Crippen molar-refractivity contribution in [2.24, 2.45) is 0 Å². The zero-order valence-corrected chi connectivity index (χ0v) is 14.3. The summed E-state index contributed by atoms with van der Waals surface area (Å²) in [6.45, 7) is 6.37. The van der Waals surface area contributed by atoms with Crippen LogP contribution in [0.1, 0.15) is 60.8 Å². The molecule has 1 fully saturated rings. The first-order valence-electron chi connectivity index (χ1n) is 8.59. The summed E-state index contributed by atoms with van der Waals surface area (Å²) in [5.41, 5.74) is 1.81. The molecule has 2 heterocycles. The number of hydrogen-bond donors (Lipinski definition) is 1. The van der Waals surface area contributed by atoms with Crippen LogP contribution in [0.25, 0.3) is 0 Å². The van der Waals surface area contributed by atoms with Crippen molar-refractivity contribution in [3.05, 3.63) is 41.2 Å². The zero-order chi connectivity index (χ0) is 16.9. The molecule has 1 aromatic carbocycles. The molecule has 1 aliphatic heterocycles. The molecule has 6 nitrogen and oxygen atoms in total. The quantitative estimate of drug-likeness (QED) is 0.910. The van der Waals surface area contributed by atoms with Gasteiger partial charge in [-0.2, -0.15) is 4.98 Å². The summed E-state index contributed by atoms with van der Waals surface area (Å²) in [6.07, 6.45) is 3.44. The van der Waals surface area contributed by atoms with Gasteiger partial charge in [0.25, 0.3) is 5.91 Å². The number of hydrogen-bond acceptors (Lipinski definition) is 5. The van der Waals surface area contributed by atoms with Gasteiger partial charge in [-0.1, -0.05) is 31.1 Å². The predicted octanol–water partition coefficient (Wildman–Crippen LogP) is 3.43. The molecule has 0 radical (unpaired) electrons. The molecule has 128 valence electrons. The number of likely N-dealkylation sites (tertiary alicyclic amines) is 1. The van der Waals surface area contributed by atoms with Crippen molar-refractivity contribution in [2.75, 3.05) is 18.4 Å². The molecule has 0 bridgehead atoms. The van der Waals surface area contributed by atoms with Crippen LogP contribution in [-0.4, -0.2) is 34.0 Å². The minimum Gasteiger partial charge on any atom is -0.339 e. The molecule has 2 aromatic rings. The van der Waals surface area contributed by atoms with Crippen LogP contribution in [0.5, 0.6) is 0 Å². The van der Waals surface area contributed by atoms with E-state index in [2.05, 4.69) is 15.5 Å². The molecule has 1 aliphatic rings. The second kappa shape index (κ2) is 7.47. The van der Waals surface area contributed by atoms with Crippen LogP contribution in [0.2, 0.25) is 0 Å². The number of nitrogens with one attached hydrogen (secondary N) is 1. The van der Waals surface area contributed by atoms with Gasteiger partial charge in [-0.25, -0.2) is 0 Å². The number of carbonyl (C=O) groups is 1. The lowest BCUT2D eigenvalue weighted by Crippen LogP contribution is -2.35. The highest BCUT2D eigenvalue weighted by atomic mass is 16.5. The van der Waals surface area contributed by atoms with Gasteiger partial charge in [-0.15, -0.1) is 0 Å². The Morgan fingerprint density at radius 1 is 1.21 bits per heavy atom. The van der Waals surface area contributed by atoms with Gasteiger partial charge in [0, 0.05) is 31.1 Å². The molecule has 0 aliphatic carbocycles. The van der Waals surface area contributed by atoms with E-state index in [-0.39, 0.29) is 11.8 Å². The molecule has 6 heteroatoms. The van der Waals surface area contributed by atoms with Crippen LogP contribution in [0.3, 0.4) is 0 Å². The largest absolute Gasteiger partial charge is 0.339 e. The Morgan fingerprint density at radius 3 is 2.54 bits per heavy atom. The van der Waals surface area contributed by atoms with Crippen LogP contribution in [0, 0.1) is 0 Å². The number of anilines is 1. The normalized spacial score (nSPS) is 14.9. The SMILES string of the molecule is CC(C)c1noc(NCc2ccc(C(=O)N3CCCCC3)cc2)n1. The van der Waals surface area contributed by atoms with Gasteiger partial charge in [0.1, 0.15) is 0 Å². The maximum absolute atomic E-state index is 12.4. The molecule has 3 rings (SSSR count). The third-order valence-corrected chi connectivity index (χ3v) is 4.25. The van der Waals surface area contributed by atoms with Crippen LogP contribution < -0.4 is 5.32 Å². The Labute approximate surface area is 142 Å². The highest BCUT2D eigenvalue weighted by Gasteiger charge is 2.17. The molecular formula is C18H24N4O2. The van der Waals surface area contributed by atoms with Crippen molar-refractivity contribution in [1.82, 2.24) is 15.0 Å². The van der Waals surface area contributed by atoms with Crippen LogP contribution in [0.15, 0.2) is 28.8 Å². The van der Waals surface area contributed by atoms with Crippen LogP contribution >= 0.6 is 0 Å². The van der Waals surface area contributed by atoms with Crippen molar-refractivity contribution < 1.29 is 9.32 Å². The Hall–Kier alpha value is -2.37. The highest BCUT2D eigenvalue weighted by molar-refractivity contribution is 5.94. The van der Waals surface area contributed by atoms with Gasteiger partial charge >= 0.3 is 6.01 Å². The monoisotopic (exact) mass is 328 g/mol. The third kappa shape index (κ3) is 3.93. The summed E-state index contributed by atoms with van der Waals surface area (Å²) in [6, 6.07) is 8.13. The average Bonchev–Trinajstić information content (AvgIpc) is 3.10. The predicted molar refractivity (Wildman–Crippen MR) is 91.9 cm³/mol. The Balaban J connectivity index is 1.56. The summed E-state index contributed by atoms with van der Waals surface area (Å²) >= 11 is 0. The van der Waals surface area contributed by atoms with E-state index >= 15 is 0 Å². The van der Waals surface area contributed by atoms with Crippen molar-refractivity contribution in [1.29, 1.82) is 0 Å². The average molecular weight is 328 g/mol. The van der Waals surface area contributed by atoms with Gasteiger partial charge < -0.3 is 14.7 Å². The van der Waals surface area contributed by atoms with E-state index in [9.17, 15) is 4.79 Å². The van der Waals surface area contributed by atoms with Gasteiger partial charge in [0.05, 0.1) is 0 Å². The van der Waals surface area contributed by atoms with E-state index in [4.69, 9.17) is 4.52 Å². The first-order valence-corrected chi connectivity index (χ1v) is 8.59. The minimum absolute atomic E-state index is 0.132. The second-order valence-electron chi connectivity index (χ2n) is 6.52. The molecule has 0 atom stereocenters. The topological polar surface area (TPSA) is 71.3 Å². The summed E-state index contributed by atoms with van der Waals surface area (Å²) in [5.74, 6) is 1.07. The molecule has 0 unspecified atom stereocenters. The first kappa shape index (κ1) is 16.5. The number of piperidine rings is 1. The Kier molecular flexibility index (Phi) is 5.13. The molecular weight excluding hydrogens is 304 g/mol. The fraction of sp³-hybridized carbons (Fsp3) is 0.500. The molecule has 1 N–H and O–H groups in total. The molecule has 1 amide bonds. The standard InChI is InChI=1S/C18H24N4O2/c1-13(2)16-20-18(24-21-16)19-12-14-6-8-15(9-7-14)17(23)22-10-4-3-5-11-22/h6-9,13H,3-5,10-12H2,1-2H3,(H,19,20,21). The van der Waals surface area contributed by atoms with E-state index in [0.717, 1.165) is 37.1 Å². The maximum atomic E-state index is 12.4. The fourth-order valence-corrected chi connectivity index (χ4v) is 2.76. The Bertz CT molecular complexity index is 673. The molecule has 0 spiro atoms. The summed E-state index contributed by atoms with van der Waals surface area (Å²) in [5, 5.41) is 7.03. The van der Waals surface area contributed by atoms with Gasteiger partial charge in [0.2, 0.25) is 0 Å². The summed E-state index contributed by atoms with van der Waals surface area (Å²) in [7, 11) is 0. The van der Waals surface area contributed by atoms with E-state index in [1.165, 1.54) is 6.42 Å². The lowest BCUT2D eigenvalue weighted by atomic mass is 10.1. The maximum Gasteiger partial charge on any atom is 0.321 e. The number of nitrogens with zero attached hydrogens (tertiary/aromatic N) is 3. The number of aromatic nitrogens is 2. The van der Waals surface area contributed by atoms with E-state index < -0.39 is 0 Å². The van der Waals surface area contributed by atoms with Crippen molar-refractivity contribution in [2.45, 2.75) is 45.6 Å². The lowest BCUT2D eigenvalue weighted by Gasteiger charge is -2.26. The lowest BCUT2D eigenvalue weighted by molar-refractivity contribution is 0.0724. The smallest absolute Gasteiger partial charge is 0.321 e. The third-order valence-electron chi connectivity index (χ3n) is 4.25. The number of rotatable bonds is 5. The van der Waals surface area contributed by atoms with Crippen LogP contribution in [0.4, 0.5) is 6.01 Å². The number of amides is 1. The Morgan fingerprint density at radius 2 is 1.92 bits per heavy atom. The van der Waals surface area contributed by atoms with Gasteiger partial charge in [0.15, 0.2) is 5.82 Å². The van der Waals surface area contributed by atoms with Crippen molar-refractivity contribution in [3.63, 3.8) is 0 Å². The number of carbonyl (C=O) groups excluding carboxylic acids is 1. The first-order chi connectivity index (χ1) is 11.6. The molecule has 24 heavy (non-hydrogen) atoms. The summed E-state index contributed by atoms with van der Waals surface area (Å²) in [4.78, 5) is 18.7. The number of benzene rings is 1. The van der Waals surface area contributed by atoms with Gasteiger partial charge in [-0.05, 0) is 37.0 Å². The minimum atomic E-state index is 0.132. The van der Waals surface area contributed by atoms with Crippen molar-refractivity contribution >= 4 is 11.9 Å². The van der Waals surface area contributed by atoms with Gasteiger partial charge in [-0.3, -0.25) is 4.79 Å². The van der Waals surface area contributed by atoms with E-state index in [1.54, 1.807) is 0 Å². The van der Waals surface area contributed by atoms with Crippen LogP contribution in [-0.2, 0) is 6.54 Å². The van der Waals surface area contributed by atoms with E-state index in [0.29, 0.717) is 18.4 Å². The molecule has 1 aromatic heterocycles. The zero-order valence-electron chi connectivity index (χ0n) is 14.3. The molecule has 1 saturated heterocycles. The highest BCUT2D eigenvalue weighted by Crippen LogP contribution is 2.15. The molecule has 0 saturated carbocycles.